The summed E-state index contributed by atoms with van der Waals surface area (Å²) < 4.78 is 5.36. The first-order valence-corrected chi connectivity index (χ1v) is 9.71. The van der Waals surface area contributed by atoms with Crippen molar-refractivity contribution in [2.75, 3.05) is 11.4 Å². The number of H-pyrrole nitrogens is 1. The molecule has 2 heterocycles. The van der Waals surface area contributed by atoms with E-state index >= 15 is 0 Å². The van der Waals surface area contributed by atoms with E-state index in [-0.39, 0.29) is 17.4 Å². The summed E-state index contributed by atoms with van der Waals surface area (Å²) in [5, 5.41) is 6.80. The first kappa shape index (κ1) is 19.6. The highest BCUT2D eigenvalue weighted by molar-refractivity contribution is 6.02. The molecule has 3 aromatic rings. The third-order valence-corrected chi connectivity index (χ3v) is 5.16. The van der Waals surface area contributed by atoms with Gasteiger partial charge in [0.15, 0.2) is 6.10 Å². The molecule has 0 fully saturated rings. The van der Waals surface area contributed by atoms with E-state index in [1.54, 1.807) is 36.1 Å². The predicted octanol–water partition coefficient (Wildman–Crippen LogP) is 3.41. The molecule has 7 heteroatoms. The van der Waals surface area contributed by atoms with Crippen LogP contribution in [-0.4, -0.2) is 40.5 Å². The second-order valence-corrected chi connectivity index (χ2v) is 7.21. The highest BCUT2D eigenvalue weighted by Gasteiger charge is 2.26. The Morgan fingerprint density at radius 3 is 2.60 bits per heavy atom. The Hall–Kier alpha value is -3.74. The summed E-state index contributed by atoms with van der Waals surface area (Å²) in [7, 11) is 0. The number of fused-ring (bicyclic) bond motifs is 1. The van der Waals surface area contributed by atoms with Gasteiger partial charge in [-0.15, -0.1) is 0 Å². The lowest BCUT2D eigenvalue weighted by Crippen LogP contribution is -2.26. The van der Waals surface area contributed by atoms with Crippen molar-refractivity contribution < 1.29 is 19.1 Å². The molecule has 1 aliphatic heterocycles. The van der Waals surface area contributed by atoms with Crippen LogP contribution in [0.1, 0.15) is 40.3 Å². The normalized spacial score (nSPS) is 13.6. The Morgan fingerprint density at radius 2 is 1.87 bits per heavy atom. The van der Waals surface area contributed by atoms with E-state index in [1.807, 2.05) is 30.3 Å². The summed E-state index contributed by atoms with van der Waals surface area (Å²) in [6, 6.07) is 16.2. The van der Waals surface area contributed by atoms with Crippen molar-refractivity contribution >= 4 is 23.3 Å². The Bertz CT molecular complexity index is 1120. The Morgan fingerprint density at radius 1 is 1.10 bits per heavy atom. The average molecular weight is 403 g/mol. The summed E-state index contributed by atoms with van der Waals surface area (Å²) in [6.07, 6.45) is -0.259. The Balaban J connectivity index is 1.45. The molecule has 1 atom stereocenters. The minimum absolute atomic E-state index is 0.0236. The molecule has 0 spiro atoms. The molecule has 30 heavy (non-hydrogen) atoms. The van der Waals surface area contributed by atoms with Gasteiger partial charge in [0.1, 0.15) is 5.69 Å². The zero-order chi connectivity index (χ0) is 21.3. The van der Waals surface area contributed by atoms with Gasteiger partial charge >= 0.3 is 5.97 Å². The zero-order valence-corrected chi connectivity index (χ0v) is 16.7. The number of esters is 1. The molecule has 0 saturated carbocycles. The lowest BCUT2D eigenvalue weighted by Gasteiger charge is -2.15. The number of nitrogens with one attached hydrogen (secondary N) is 1. The summed E-state index contributed by atoms with van der Waals surface area (Å²) in [5.41, 5.74) is 3.89. The van der Waals surface area contributed by atoms with E-state index in [0.29, 0.717) is 24.2 Å². The minimum Gasteiger partial charge on any atom is -0.450 e. The fourth-order valence-corrected chi connectivity index (χ4v) is 3.58. The maximum atomic E-state index is 12.8. The van der Waals surface area contributed by atoms with Crippen molar-refractivity contribution in [1.29, 1.82) is 0 Å². The third kappa shape index (κ3) is 3.74. The van der Waals surface area contributed by atoms with Gasteiger partial charge in [0, 0.05) is 30.3 Å². The number of benzene rings is 2. The molecule has 7 nitrogen and oxygen atoms in total. The summed E-state index contributed by atoms with van der Waals surface area (Å²) in [6.45, 7) is 3.68. The molecule has 1 aliphatic rings. The van der Waals surface area contributed by atoms with Gasteiger partial charge < -0.3 is 9.64 Å². The largest absolute Gasteiger partial charge is 0.450 e. The van der Waals surface area contributed by atoms with E-state index < -0.39 is 12.1 Å². The first-order valence-electron chi connectivity index (χ1n) is 9.71. The van der Waals surface area contributed by atoms with Crippen LogP contribution >= 0.6 is 0 Å². The number of carbonyl (C=O) groups is 3. The molecular formula is C23H21N3O4. The van der Waals surface area contributed by atoms with Gasteiger partial charge in [-0.2, -0.15) is 5.10 Å². The van der Waals surface area contributed by atoms with Crippen molar-refractivity contribution in [3.05, 3.63) is 71.4 Å². The molecule has 0 bridgehead atoms. The quantitative estimate of drug-likeness (QED) is 0.521. The number of hydrogen-bond donors (Lipinski definition) is 1. The van der Waals surface area contributed by atoms with Crippen LogP contribution < -0.4 is 4.90 Å². The van der Waals surface area contributed by atoms with Crippen molar-refractivity contribution in [2.24, 2.45) is 0 Å². The fourth-order valence-electron chi connectivity index (χ4n) is 3.58. The van der Waals surface area contributed by atoms with Gasteiger partial charge in [0.25, 0.3) is 0 Å². The number of aromatic amines is 1. The SMILES string of the molecule is CC(=O)N1CCc2cc(C(=O)[C@@H](C)OC(=O)c3cc(-c4ccccc4)n[nH]3)ccc21. The maximum Gasteiger partial charge on any atom is 0.357 e. The molecule has 2 aromatic carbocycles. The number of nitrogens with zero attached hydrogens (tertiary/aromatic N) is 2. The third-order valence-electron chi connectivity index (χ3n) is 5.16. The zero-order valence-electron chi connectivity index (χ0n) is 16.7. The topological polar surface area (TPSA) is 92.4 Å². The summed E-state index contributed by atoms with van der Waals surface area (Å²) >= 11 is 0. The number of Topliss-reactive ketones (excluding diaryl/α,β-unsaturated/α-hetero) is 1. The standard InChI is InChI=1S/C23H21N3O4/c1-14(22(28)18-8-9-21-17(12-18)10-11-26(21)15(2)27)30-23(29)20-13-19(24-25-20)16-6-4-3-5-7-16/h3-9,12-14H,10-11H2,1-2H3,(H,24,25)/t14-/m1/s1. The van der Waals surface area contributed by atoms with Crippen molar-refractivity contribution in [3.8, 4) is 11.3 Å². The van der Waals surface area contributed by atoms with Crippen LogP contribution in [-0.2, 0) is 16.0 Å². The number of carbonyl (C=O) groups excluding carboxylic acids is 3. The minimum atomic E-state index is -0.954. The van der Waals surface area contributed by atoms with Crippen LogP contribution in [0.3, 0.4) is 0 Å². The van der Waals surface area contributed by atoms with Crippen molar-refractivity contribution in [2.45, 2.75) is 26.4 Å². The van der Waals surface area contributed by atoms with Crippen LogP contribution in [0.25, 0.3) is 11.3 Å². The lowest BCUT2D eigenvalue weighted by molar-refractivity contribution is -0.116. The van der Waals surface area contributed by atoms with E-state index in [2.05, 4.69) is 10.2 Å². The number of anilines is 1. The van der Waals surface area contributed by atoms with E-state index in [0.717, 1.165) is 16.8 Å². The van der Waals surface area contributed by atoms with Crippen LogP contribution in [0.15, 0.2) is 54.6 Å². The Labute approximate surface area is 173 Å². The van der Waals surface area contributed by atoms with Crippen molar-refractivity contribution in [3.63, 3.8) is 0 Å². The molecule has 1 amide bonds. The number of amides is 1. The second-order valence-electron chi connectivity index (χ2n) is 7.21. The number of ether oxygens (including phenoxy) is 1. The highest BCUT2D eigenvalue weighted by atomic mass is 16.5. The van der Waals surface area contributed by atoms with Crippen LogP contribution in [0, 0.1) is 0 Å². The number of rotatable bonds is 5. The monoisotopic (exact) mass is 403 g/mol. The van der Waals surface area contributed by atoms with Crippen LogP contribution in [0.4, 0.5) is 5.69 Å². The molecule has 0 unspecified atom stereocenters. The molecule has 4 rings (SSSR count). The highest BCUT2D eigenvalue weighted by Crippen LogP contribution is 2.29. The predicted molar refractivity (Wildman–Crippen MR) is 111 cm³/mol. The van der Waals surface area contributed by atoms with Gasteiger partial charge in [-0.1, -0.05) is 30.3 Å². The summed E-state index contributed by atoms with van der Waals surface area (Å²) in [4.78, 5) is 38.6. The molecule has 152 valence electrons. The Kier molecular flexibility index (Phi) is 5.18. The number of ketones is 1. The smallest absolute Gasteiger partial charge is 0.357 e. The first-order chi connectivity index (χ1) is 14.4. The number of aromatic nitrogens is 2. The van der Waals surface area contributed by atoms with Crippen molar-refractivity contribution in [1.82, 2.24) is 10.2 Å². The molecule has 1 aromatic heterocycles. The molecule has 1 N–H and O–H groups in total. The van der Waals surface area contributed by atoms with Gasteiger partial charge in [-0.05, 0) is 43.2 Å². The van der Waals surface area contributed by atoms with Crippen LogP contribution in [0.2, 0.25) is 0 Å². The van der Waals surface area contributed by atoms with Gasteiger partial charge in [-0.25, -0.2) is 4.79 Å². The van der Waals surface area contributed by atoms with Gasteiger partial charge in [0.2, 0.25) is 11.7 Å². The average Bonchev–Trinajstić information content (AvgIpc) is 3.40. The van der Waals surface area contributed by atoms with Gasteiger partial charge in [-0.3, -0.25) is 14.7 Å². The maximum absolute atomic E-state index is 12.8. The lowest BCUT2D eigenvalue weighted by atomic mass is 10.0. The fraction of sp³-hybridized carbons (Fsp3) is 0.217. The molecular weight excluding hydrogens is 382 g/mol. The second kappa shape index (κ2) is 7.94. The van der Waals surface area contributed by atoms with E-state index in [4.69, 9.17) is 4.74 Å². The molecule has 0 radical (unpaired) electrons. The number of hydrogen-bond acceptors (Lipinski definition) is 5. The van der Waals surface area contributed by atoms with E-state index in [1.165, 1.54) is 6.92 Å². The van der Waals surface area contributed by atoms with Gasteiger partial charge in [0.05, 0.1) is 5.69 Å². The molecule has 0 aliphatic carbocycles. The van der Waals surface area contributed by atoms with Crippen LogP contribution in [0.5, 0.6) is 0 Å². The summed E-state index contributed by atoms with van der Waals surface area (Å²) in [5.74, 6) is -0.964. The molecule has 0 saturated heterocycles. The van der Waals surface area contributed by atoms with E-state index in [9.17, 15) is 14.4 Å².